The number of carbonyl (C=O) groups excluding carboxylic acids is 1. The van der Waals surface area contributed by atoms with Crippen LogP contribution in [0.3, 0.4) is 0 Å². The normalized spacial score (nSPS) is 18.6. The first kappa shape index (κ1) is 14.9. The van der Waals surface area contributed by atoms with Crippen molar-refractivity contribution >= 4 is 16.1 Å². The van der Waals surface area contributed by atoms with Gasteiger partial charge in [0.2, 0.25) is 0 Å². The van der Waals surface area contributed by atoms with Crippen LogP contribution in [0.2, 0.25) is 0 Å². The average Bonchev–Trinajstić information content (AvgIpc) is 2.88. The molecule has 0 bridgehead atoms. The highest BCUT2D eigenvalue weighted by Gasteiger charge is 2.30. The predicted octanol–water partition coefficient (Wildman–Crippen LogP) is -0.506. The van der Waals surface area contributed by atoms with E-state index in [1.807, 2.05) is 0 Å². The highest BCUT2D eigenvalue weighted by Crippen LogP contribution is 2.28. The number of carbonyl (C=O) groups is 1. The molecule has 1 aromatic heterocycles. The Hall–Kier alpha value is -1.45. The Kier molecular flexibility index (Phi) is 4.11. The third kappa shape index (κ3) is 2.84. The Morgan fingerprint density at radius 1 is 1.45 bits per heavy atom. The molecule has 9 heteroatoms. The van der Waals surface area contributed by atoms with Gasteiger partial charge in [0.1, 0.15) is 5.69 Å². The van der Waals surface area contributed by atoms with Gasteiger partial charge in [0.05, 0.1) is 0 Å². The molecule has 1 amide bonds. The third-order valence-electron chi connectivity index (χ3n) is 3.53. The standard InChI is InChI=1S/C11H19N5O3S/c1-15(2)20(18,19)16-5-3-8(4-6-16)9-7-10(11(12)17)14-13-9/h7-8H,3-6H2,1-2H3,(H2,12,17)(H,13,14). The first-order valence-electron chi connectivity index (χ1n) is 6.35. The maximum atomic E-state index is 12.0. The molecule has 1 aromatic rings. The number of aromatic amines is 1. The van der Waals surface area contributed by atoms with Crippen molar-refractivity contribution in [2.24, 2.45) is 5.73 Å². The molecule has 1 aliphatic rings. The molecule has 1 fully saturated rings. The Morgan fingerprint density at radius 2 is 2.05 bits per heavy atom. The number of rotatable bonds is 4. The van der Waals surface area contributed by atoms with E-state index in [1.54, 1.807) is 6.07 Å². The van der Waals surface area contributed by atoms with E-state index in [0.717, 1.165) is 5.69 Å². The molecule has 20 heavy (non-hydrogen) atoms. The predicted molar refractivity (Wildman–Crippen MR) is 73.3 cm³/mol. The third-order valence-corrected chi connectivity index (χ3v) is 5.47. The second kappa shape index (κ2) is 5.51. The van der Waals surface area contributed by atoms with E-state index in [2.05, 4.69) is 10.2 Å². The van der Waals surface area contributed by atoms with Gasteiger partial charge in [0.25, 0.3) is 16.1 Å². The van der Waals surface area contributed by atoms with E-state index < -0.39 is 16.1 Å². The van der Waals surface area contributed by atoms with Gasteiger partial charge in [-0.25, -0.2) is 0 Å². The zero-order valence-corrected chi connectivity index (χ0v) is 12.4. The summed E-state index contributed by atoms with van der Waals surface area (Å²) in [7, 11) is -0.301. The second-order valence-electron chi connectivity index (χ2n) is 5.04. The molecule has 1 saturated heterocycles. The van der Waals surface area contributed by atoms with E-state index >= 15 is 0 Å². The molecule has 112 valence electrons. The van der Waals surface area contributed by atoms with Crippen LogP contribution in [0.4, 0.5) is 0 Å². The van der Waals surface area contributed by atoms with Crippen LogP contribution in [0.1, 0.15) is 34.9 Å². The minimum Gasteiger partial charge on any atom is -0.364 e. The van der Waals surface area contributed by atoms with Crippen molar-refractivity contribution in [1.82, 2.24) is 18.8 Å². The van der Waals surface area contributed by atoms with Crippen molar-refractivity contribution in [1.29, 1.82) is 0 Å². The lowest BCUT2D eigenvalue weighted by atomic mass is 9.94. The minimum atomic E-state index is -3.35. The van der Waals surface area contributed by atoms with Crippen LogP contribution in [-0.2, 0) is 10.2 Å². The van der Waals surface area contributed by atoms with Crippen LogP contribution in [0.25, 0.3) is 0 Å². The lowest BCUT2D eigenvalue weighted by Gasteiger charge is -2.32. The monoisotopic (exact) mass is 301 g/mol. The van der Waals surface area contributed by atoms with Gasteiger partial charge in [-0.1, -0.05) is 0 Å². The number of H-pyrrole nitrogens is 1. The maximum absolute atomic E-state index is 12.0. The Labute approximate surface area is 118 Å². The largest absolute Gasteiger partial charge is 0.364 e. The highest BCUT2D eigenvalue weighted by atomic mass is 32.2. The molecule has 2 rings (SSSR count). The zero-order chi connectivity index (χ0) is 14.9. The van der Waals surface area contributed by atoms with E-state index in [0.29, 0.717) is 25.9 Å². The summed E-state index contributed by atoms with van der Waals surface area (Å²) < 4.78 is 26.7. The van der Waals surface area contributed by atoms with Crippen LogP contribution >= 0.6 is 0 Å². The van der Waals surface area contributed by atoms with Gasteiger partial charge >= 0.3 is 0 Å². The fourth-order valence-electron chi connectivity index (χ4n) is 2.30. The topological polar surface area (TPSA) is 112 Å². The summed E-state index contributed by atoms with van der Waals surface area (Å²) in [4.78, 5) is 11.0. The number of nitrogens with two attached hydrogens (primary N) is 1. The Balaban J connectivity index is 2.02. The molecule has 8 nitrogen and oxygen atoms in total. The molecule has 0 unspecified atom stereocenters. The van der Waals surface area contributed by atoms with Crippen LogP contribution in [0.15, 0.2) is 6.07 Å². The smallest absolute Gasteiger partial charge is 0.281 e. The number of amides is 1. The molecule has 0 aromatic carbocycles. The molecular formula is C11H19N5O3S. The molecule has 0 spiro atoms. The number of hydrogen-bond acceptors (Lipinski definition) is 4. The SMILES string of the molecule is CN(C)S(=O)(=O)N1CCC(c2cc(C(N)=O)n[nH]2)CC1. The summed E-state index contributed by atoms with van der Waals surface area (Å²) in [5.41, 5.74) is 6.20. The average molecular weight is 301 g/mol. The van der Waals surface area contributed by atoms with Crippen molar-refractivity contribution in [3.05, 3.63) is 17.5 Å². The van der Waals surface area contributed by atoms with Gasteiger partial charge in [-0.2, -0.15) is 22.1 Å². The lowest BCUT2D eigenvalue weighted by Crippen LogP contribution is -2.44. The molecule has 0 atom stereocenters. The quantitative estimate of drug-likeness (QED) is 0.780. The van der Waals surface area contributed by atoms with Crippen molar-refractivity contribution in [2.45, 2.75) is 18.8 Å². The number of nitrogens with one attached hydrogen (secondary N) is 1. The Morgan fingerprint density at radius 3 is 2.50 bits per heavy atom. The number of aromatic nitrogens is 2. The van der Waals surface area contributed by atoms with Gasteiger partial charge in [-0.05, 0) is 18.9 Å². The van der Waals surface area contributed by atoms with Gasteiger partial charge in [0, 0.05) is 38.8 Å². The van der Waals surface area contributed by atoms with Crippen molar-refractivity contribution < 1.29 is 13.2 Å². The summed E-state index contributed by atoms with van der Waals surface area (Å²) >= 11 is 0. The second-order valence-corrected chi connectivity index (χ2v) is 7.18. The zero-order valence-electron chi connectivity index (χ0n) is 11.5. The first-order valence-corrected chi connectivity index (χ1v) is 7.74. The van der Waals surface area contributed by atoms with Gasteiger partial charge in [-0.3, -0.25) is 9.89 Å². The van der Waals surface area contributed by atoms with Gasteiger partial charge in [-0.15, -0.1) is 0 Å². The van der Waals surface area contributed by atoms with Crippen LogP contribution in [0, 0.1) is 0 Å². The number of primary amides is 1. The summed E-state index contributed by atoms with van der Waals surface area (Å²) in [5.74, 6) is -0.399. The fraction of sp³-hybridized carbons (Fsp3) is 0.636. The number of piperidine rings is 1. The maximum Gasteiger partial charge on any atom is 0.281 e. The molecule has 2 heterocycles. The lowest BCUT2D eigenvalue weighted by molar-refractivity contribution is 0.0995. The van der Waals surface area contributed by atoms with Crippen LogP contribution in [-0.4, -0.2) is 60.3 Å². The van der Waals surface area contributed by atoms with Crippen LogP contribution in [0.5, 0.6) is 0 Å². The van der Waals surface area contributed by atoms with Crippen molar-refractivity contribution in [3.63, 3.8) is 0 Å². The van der Waals surface area contributed by atoms with Crippen LogP contribution < -0.4 is 5.73 Å². The highest BCUT2D eigenvalue weighted by molar-refractivity contribution is 7.86. The molecule has 0 saturated carbocycles. The van der Waals surface area contributed by atoms with Crippen molar-refractivity contribution in [3.8, 4) is 0 Å². The summed E-state index contributed by atoms with van der Waals surface area (Å²) in [6, 6.07) is 1.64. The molecule has 0 radical (unpaired) electrons. The van der Waals surface area contributed by atoms with E-state index in [-0.39, 0.29) is 11.6 Å². The fourth-order valence-corrected chi connectivity index (χ4v) is 3.43. The van der Waals surface area contributed by atoms with Gasteiger partial charge in [0.15, 0.2) is 0 Å². The van der Waals surface area contributed by atoms with E-state index in [1.165, 1.54) is 22.7 Å². The first-order chi connectivity index (χ1) is 9.32. The summed E-state index contributed by atoms with van der Waals surface area (Å²) in [6.45, 7) is 0.909. The summed E-state index contributed by atoms with van der Waals surface area (Å²) in [5, 5.41) is 6.65. The van der Waals surface area contributed by atoms with Gasteiger partial charge < -0.3 is 5.73 Å². The minimum absolute atomic E-state index is 0.171. The molecule has 0 aliphatic carbocycles. The molecule has 1 aliphatic heterocycles. The Bertz CT molecular complexity index is 587. The van der Waals surface area contributed by atoms with E-state index in [9.17, 15) is 13.2 Å². The number of nitrogens with zero attached hydrogens (tertiary/aromatic N) is 3. The van der Waals surface area contributed by atoms with E-state index in [4.69, 9.17) is 5.73 Å². The summed E-state index contributed by atoms with van der Waals surface area (Å²) in [6.07, 6.45) is 1.38. The number of hydrogen-bond donors (Lipinski definition) is 2. The molecular weight excluding hydrogens is 282 g/mol. The molecule has 3 N–H and O–H groups in total. The van der Waals surface area contributed by atoms with Crippen molar-refractivity contribution in [2.75, 3.05) is 27.2 Å².